The van der Waals surface area contributed by atoms with Crippen LogP contribution in [0.25, 0.3) is 10.8 Å². The van der Waals surface area contributed by atoms with Gasteiger partial charge >= 0.3 is 0 Å². The number of carbonyl (C=O) groups is 1. The molecule has 2 saturated heterocycles. The first kappa shape index (κ1) is 21.6. The van der Waals surface area contributed by atoms with Crippen molar-refractivity contribution in [2.24, 2.45) is 0 Å². The molecule has 0 radical (unpaired) electrons. The van der Waals surface area contributed by atoms with Crippen molar-refractivity contribution in [1.82, 2.24) is 20.0 Å². The first-order chi connectivity index (χ1) is 16.2. The number of piperidine rings is 1. The molecule has 2 aromatic carbocycles. The summed E-state index contributed by atoms with van der Waals surface area (Å²) in [4.78, 5) is 16.5. The maximum absolute atomic E-state index is 12.1. The molecule has 2 aliphatic rings. The van der Waals surface area contributed by atoms with Gasteiger partial charge in [-0.2, -0.15) is 5.10 Å². The largest absolute Gasteiger partial charge is 0.484 e. The second-order valence-electron chi connectivity index (χ2n) is 9.00. The minimum Gasteiger partial charge on any atom is -0.484 e. The molecule has 0 bridgehead atoms. The lowest BCUT2D eigenvalue weighted by atomic mass is 10.0. The summed E-state index contributed by atoms with van der Waals surface area (Å²) in [6.45, 7) is 4.86. The van der Waals surface area contributed by atoms with Crippen LogP contribution in [0, 0.1) is 0 Å². The maximum Gasteiger partial charge on any atom is 0.260 e. The number of amides is 1. The van der Waals surface area contributed by atoms with Gasteiger partial charge in [0.15, 0.2) is 12.4 Å². The van der Waals surface area contributed by atoms with Gasteiger partial charge in [0, 0.05) is 49.5 Å². The van der Waals surface area contributed by atoms with Gasteiger partial charge in [0.2, 0.25) is 0 Å². The van der Waals surface area contributed by atoms with E-state index in [2.05, 4.69) is 44.7 Å². The summed E-state index contributed by atoms with van der Waals surface area (Å²) in [6.07, 6.45) is 6.16. The van der Waals surface area contributed by atoms with Crippen LogP contribution in [0.4, 0.5) is 5.82 Å². The summed E-state index contributed by atoms with van der Waals surface area (Å²) in [5, 5.41) is 14.3. The molecule has 1 amide bonds. The number of benzene rings is 2. The third-order valence-corrected chi connectivity index (χ3v) is 6.65. The molecule has 0 aliphatic carbocycles. The highest BCUT2D eigenvalue weighted by molar-refractivity contribution is 5.90. The van der Waals surface area contributed by atoms with E-state index in [-0.39, 0.29) is 12.5 Å². The minimum atomic E-state index is 0.0857. The van der Waals surface area contributed by atoms with E-state index in [9.17, 15) is 4.79 Å². The van der Waals surface area contributed by atoms with Gasteiger partial charge < -0.3 is 15.0 Å². The number of nitrogens with one attached hydrogen (secondary N) is 1. The average Bonchev–Trinajstić information content (AvgIpc) is 3.40. The zero-order chi connectivity index (χ0) is 22.5. The van der Waals surface area contributed by atoms with Gasteiger partial charge in [-0.25, -0.2) is 0 Å². The van der Waals surface area contributed by atoms with Crippen LogP contribution in [0.15, 0.2) is 54.7 Å². The number of likely N-dealkylation sites (tertiary alicyclic amines) is 2. The number of fused-ring (bicyclic) bond motifs is 1. The summed E-state index contributed by atoms with van der Waals surface area (Å²) >= 11 is 0. The van der Waals surface area contributed by atoms with Crippen molar-refractivity contribution in [1.29, 1.82) is 0 Å². The first-order valence-corrected chi connectivity index (χ1v) is 11.9. The van der Waals surface area contributed by atoms with Gasteiger partial charge in [-0.05, 0) is 43.4 Å². The van der Waals surface area contributed by atoms with E-state index in [0.29, 0.717) is 6.04 Å². The van der Waals surface area contributed by atoms with Crippen molar-refractivity contribution in [3.8, 4) is 5.75 Å². The molecular weight excluding hydrogens is 414 g/mol. The highest BCUT2D eigenvalue weighted by atomic mass is 16.5. The molecule has 3 heterocycles. The monoisotopic (exact) mass is 445 g/mol. The van der Waals surface area contributed by atoms with E-state index in [0.717, 1.165) is 80.7 Å². The Morgan fingerprint density at radius 2 is 1.76 bits per heavy atom. The SMILES string of the molecule is O=C(COc1ccc(CN2CCC(Nc3nncc4ccccc34)CC2)cc1)N1CCCC1. The van der Waals surface area contributed by atoms with Crippen LogP contribution in [-0.2, 0) is 11.3 Å². The third kappa shape index (κ3) is 5.42. The van der Waals surface area contributed by atoms with E-state index >= 15 is 0 Å². The quantitative estimate of drug-likeness (QED) is 0.598. The maximum atomic E-state index is 12.1. The van der Waals surface area contributed by atoms with Crippen LogP contribution in [0.2, 0.25) is 0 Å². The molecular formula is C26H31N5O2. The van der Waals surface area contributed by atoms with Crippen molar-refractivity contribution in [2.75, 3.05) is 38.1 Å². The minimum absolute atomic E-state index is 0.0857. The lowest BCUT2D eigenvalue weighted by Crippen LogP contribution is -2.38. The zero-order valence-electron chi connectivity index (χ0n) is 18.9. The number of nitrogens with zero attached hydrogens (tertiary/aromatic N) is 4. The standard InChI is InChI=1S/C26H31N5O2/c32-25(31-13-3-4-14-31)19-33-23-9-7-20(8-10-23)18-30-15-11-22(12-16-30)28-26-24-6-2-1-5-21(24)17-27-29-26/h1-2,5-10,17,22H,3-4,11-16,18-19H2,(H,28,29). The van der Waals surface area contributed by atoms with E-state index in [1.807, 2.05) is 35.4 Å². The fourth-order valence-corrected chi connectivity index (χ4v) is 4.72. The van der Waals surface area contributed by atoms with E-state index in [4.69, 9.17) is 4.74 Å². The van der Waals surface area contributed by atoms with Crippen LogP contribution < -0.4 is 10.1 Å². The smallest absolute Gasteiger partial charge is 0.260 e. The summed E-state index contributed by atoms with van der Waals surface area (Å²) in [5.74, 6) is 1.72. The molecule has 172 valence electrons. The van der Waals surface area contributed by atoms with Crippen LogP contribution in [0.1, 0.15) is 31.2 Å². The molecule has 33 heavy (non-hydrogen) atoms. The molecule has 7 nitrogen and oxygen atoms in total. The molecule has 0 saturated carbocycles. The number of aromatic nitrogens is 2. The lowest BCUT2D eigenvalue weighted by Gasteiger charge is -2.32. The van der Waals surface area contributed by atoms with E-state index in [1.54, 1.807) is 0 Å². The predicted octanol–water partition coefficient (Wildman–Crippen LogP) is 3.71. The summed E-state index contributed by atoms with van der Waals surface area (Å²) in [6, 6.07) is 16.8. The van der Waals surface area contributed by atoms with Crippen molar-refractivity contribution in [3.05, 3.63) is 60.3 Å². The Bertz CT molecular complexity index is 1070. The third-order valence-electron chi connectivity index (χ3n) is 6.65. The van der Waals surface area contributed by atoms with Crippen LogP contribution in [-0.4, -0.2) is 64.7 Å². The number of carbonyl (C=O) groups excluding carboxylic acids is 1. The highest BCUT2D eigenvalue weighted by Gasteiger charge is 2.21. The van der Waals surface area contributed by atoms with Crippen molar-refractivity contribution in [3.63, 3.8) is 0 Å². The molecule has 5 rings (SSSR count). The molecule has 3 aromatic rings. The first-order valence-electron chi connectivity index (χ1n) is 11.9. The fourth-order valence-electron chi connectivity index (χ4n) is 4.72. The molecule has 0 spiro atoms. The summed E-state index contributed by atoms with van der Waals surface area (Å²) in [5.41, 5.74) is 1.26. The molecule has 2 fully saturated rings. The van der Waals surface area contributed by atoms with Crippen molar-refractivity contribution >= 4 is 22.5 Å². The summed E-state index contributed by atoms with van der Waals surface area (Å²) in [7, 11) is 0. The molecule has 1 N–H and O–H groups in total. The number of ether oxygens (including phenoxy) is 1. The van der Waals surface area contributed by atoms with Gasteiger partial charge in [-0.3, -0.25) is 9.69 Å². The second-order valence-corrected chi connectivity index (χ2v) is 9.00. The zero-order valence-corrected chi connectivity index (χ0v) is 18.9. The Labute approximate surface area is 194 Å². The van der Waals surface area contributed by atoms with Crippen LogP contribution >= 0.6 is 0 Å². The Morgan fingerprint density at radius 3 is 2.55 bits per heavy atom. The van der Waals surface area contributed by atoms with Crippen molar-refractivity contribution in [2.45, 2.75) is 38.3 Å². The number of anilines is 1. The molecule has 0 atom stereocenters. The van der Waals surface area contributed by atoms with E-state index in [1.165, 1.54) is 5.56 Å². The molecule has 0 unspecified atom stereocenters. The predicted molar refractivity (Wildman–Crippen MR) is 129 cm³/mol. The Morgan fingerprint density at radius 1 is 1.00 bits per heavy atom. The van der Waals surface area contributed by atoms with Crippen LogP contribution in [0.5, 0.6) is 5.75 Å². The Hall–Kier alpha value is -3.19. The molecule has 7 heteroatoms. The van der Waals surface area contributed by atoms with Crippen molar-refractivity contribution < 1.29 is 9.53 Å². The van der Waals surface area contributed by atoms with Gasteiger partial charge in [-0.1, -0.05) is 36.4 Å². The molecule has 1 aromatic heterocycles. The fraction of sp³-hybridized carbons (Fsp3) is 0.423. The van der Waals surface area contributed by atoms with Gasteiger partial charge in [0.1, 0.15) is 5.75 Å². The normalized spacial score (nSPS) is 17.4. The van der Waals surface area contributed by atoms with E-state index < -0.39 is 0 Å². The second kappa shape index (κ2) is 10.2. The summed E-state index contributed by atoms with van der Waals surface area (Å²) < 4.78 is 5.70. The van der Waals surface area contributed by atoms with Crippen LogP contribution in [0.3, 0.4) is 0 Å². The van der Waals surface area contributed by atoms with Gasteiger partial charge in [0.25, 0.3) is 5.91 Å². The number of hydrogen-bond acceptors (Lipinski definition) is 6. The molecule has 2 aliphatic heterocycles. The highest BCUT2D eigenvalue weighted by Crippen LogP contribution is 2.23. The van der Waals surface area contributed by atoms with Gasteiger partial charge in [0.05, 0.1) is 6.20 Å². The number of rotatable bonds is 7. The lowest BCUT2D eigenvalue weighted by molar-refractivity contribution is -0.132. The topological polar surface area (TPSA) is 70.6 Å². The van der Waals surface area contributed by atoms with Gasteiger partial charge in [-0.15, -0.1) is 5.10 Å². The Kier molecular flexibility index (Phi) is 6.67. The Balaban J connectivity index is 1.08. The number of hydrogen-bond donors (Lipinski definition) is 1. The average molecular weight is 446 g/mol.